The largest absolute Gasteiger partial charge is 0.451 e. The molecule has 2 aromatic carbocycles. The predicted octanol–water partition coefficient (Wildman–Crippen LogP) is 3.04. The number of carbonyl (C=O) groups is 2. The van der Waals surface area contributed by atoms with Gasteiger partial charge in [-0.15, -0.1) is 0 Å². The molecule has 31 heavy (non-hydrogen) atoms. The van der Waals surface area contributed by atoms with Crippen LogP contribution in [-0.4, -0.2) is 33.2 Å². The second kappa shape index (κ2) is 10.9. The number of aryl methyl sites for hydroxylation is 1. The summed E-state index contributed by atoms with van der Waals surface area (Å²) in [6.07, 6.45) is 0.706. The lowest BCUT2D eigenvalue weighted by Crippen LogP contribution is -2.34. The van der Waals surface area contributed by atoms with Crippen molar-refractivity contribution in [3.63, 3.8) is 0 Å². The zero-order valence-corrected chi connectivity index (χ0v) is 17.4. The fourth-order valence-corrected chi connectivity index (χ4v) is 3.06. The maximum absolute atomic E-state index is 12.9. The zero-order chi connectivity index (χ0) is 22.1. The number of aromatic nitrogens is 2. The standard InChI is InChI=1S/C24H25N3O4/c1-2-15-27-22(28)14-13-21(25-27)24(30)31-18-23(29)26(16-19-9-5-3-6-10-19)17-20-11-7-4-8-12-20/h3-14H,2,15-18H2,1H3. The smallest absolute Gasteiger partial charge is 0.359 e. The summed E-state index contributed by atoms with van der Waals surface area (Å²) >= 11 is 0. The van der Waals surface area contributed by atoms with E-state index in [9.17, 15) is 14.4 Å². The normalized spacial score (nSPS) is 10.5. The number of hydrogen-bond acceptors (Lipinski definition) is 5. The van der Waals surface area contributed by atoms with Gasteiger partial charge < -0.3 is 9.64 Å². The average molecular weight is 419 g/mol. The third-order valence-electron chi connectivity index (χ3n) is 4.62. The summed E-state index contributed by atoms with van der Waals surface area (Å²) in [5.41, 5.74) is 1.67. The van der Waals surface area contributed by atoms with Gasteiger partial charge in [-0.3, -0.25) is 9.59 Å². The fraction of sp³-hybridized carbons (Fsp3) is 0.250. The Kier molecular flexibility index (Phi) is 7.70. The van der Waals surface area contributed by atoms with E-state index in [0.717, 1.165) is 11.1 Å². The second-order valence-corrected chi connectivity index (χ2v) is 7.08. The molecule has 0 saturated heterocycles. The molecule has 1 amide bonds. The molecule has 0 fully saturated rings. The van der Waals surface area contributed by atoms with Crippen LogP contribution in [0.1, 0.15) is 35.0 Å². The van der Waals surface area contributed by atoms with E-state index < -0.39 is 12.6 Å². The summed E-state index contributed by atoms with van der Waals surface area (Å²) in [7, 11) is 0. The first-order valence-corrected chi connectivity index (χ1v) is 10.2. The molecule has 0 aliphatic heterocycles. The van der Waals surface area contributed by atoms with Gasteiger partial charge in [-0.25, -0.2) is 9.48 Å². The monoisotopic (exact) mass is 419 g/mol. The number of benzene rings is 2. The van der Waals surface area contributed by atoms with E-state index in [1.165, 1.54) is 16.8 Å². The Morgan fingerprint density at radius 2 is 1.48 bits per heavy atom. The molecule has 0 N–H and O–H groups in total. The van der Waals surface area contributed by atoms with Gasteiger partial charge in [0.1, 0.15) is 0 Å². The first-order chi connectivity index (χ1) is 15.1. The highest BCUT2D eigenvalue weighted by Crippen LogP contribution is 2.11. The highest BCUT2D eigenvalue weighted by Gasteiger charge is 2.18. The molecular weight excluding hydrogens is 394 g/mol. The van der Waals surface area contributed by atoms with Crippen molar-refractivity contribution in [2.45, 2.75) is 33.0 Å². The van der Waals surface area contributed by atoms with Crippen molar-refractivity contribution in [1.29, 1.82) is 0 Å². The van der Waals surface area contributed by atoms with Crippen molar-refractivity contribution in [3.05, 3.63) is 100.0 Å². The zero-order valence-electron chi connectivity index (χ0n) is 17.4. The number of carbonyl (C=O) groups excluding carboxylic acids is 2. The first kappa shape index (κ1) is 22.0. The van der Waals surface area contributed by atoms with Crippen LogP contribution in [0.5, 0.6) is 0 Å². The first-order valence-electron chi connectivity index (χ1n) is 10.2. The van der Waals surface area contributed by atoms with Gasteiger partial charge in [0, 0.05) is 25.7 Å². The van der Waals surface area contributed by atoms with E-state index >= 15 is 0 Å². The van der Waals surface area contributed by atoms with E-state index in [4.69, 9.17) is 4.74 Å². The van der Waals surface area contributed by atoms with E-state index in [-0.39, 0.29) is 17.2 Å². The second-order valence-electron chi connectivity index (χ2n) is 7.08. The number of nitrogens with zero attached hydrogens (tertiary/aromatic N) is 3. The minimum atomic E-state index is -0.738. The van der Waals surface area contributed by atoms with Crippen molar-refractivity contribution in [2.75, 3.05) is 6.61 Å². The molecule has 7 nitrogen and oxygen atoms in total. The van der Waals surface area contributed by atoms with Crippen molar-refractivity contribution in [1.82, 2.24) is 14.7 Å². The minimum absolute atomic E-state index is 0.00137. The van der Waals surface area contributed by atoms with Gasteiger partial charge >= 0.3 is 5.97 Å². The van der Waals surface area contributed by atoms with Crippen molar-refractivity contribution in [2.24, 2.45) is 0 Å². The fourth-order valence-electron chi connectivity index (χ4n) is 3.06. The highest BCUT2D eigenvalue weighted by molar-refractivity contribution is 5.89. The van der Waals surface area contributed by atoms with Crippen LogP contribution in [0.15, 0.2) is 77.6 Å². The molecule has 0 unspecified atom stereocenters. The molecule has 0 spiro atoms. The Morgan fingerprint density at radius 3 is 2.03 bits per heavy atom. The molecule has 7 heteroatoms. The van der Waals surface area contributed by atoms with Crippen LogP contribution in [0.2, 0.25) is 0 Å². The third-order valence-corrected chi connectivity index (χ3v) is 4.62. The lowest BCUT2D eigenvalue weighted by Gasteiger charge is -2.23. The summed E-state index contributed by atoms with van der Waals surface area (Å²) in [5.74, 6) is -1.06. The molecule has 0 radical (unpaired) electrons. The summed E-state index contributed by atoms with van der Waals surface area (Å²) < 4.78 is 6.43. The Morgan fingerprint density at radius 1 is 0.903 bits per heavy atom. The van der Waals surface area contributed by atoms with Crippen LogP contribution in [0, 0.1) is 0 Å². The maximum Gasteiger partial charge on any atom is 0.359 e. The Balaban J connectivity index is 1.68. The predicted molar refractivity (Wildman–Crippen MR) is 116 cm³/mol. The number of ether oxygens (including phenoxy) is 1. The van der Waals surface area contributed by atoms with Crippen LogP contribution in [0.4, 0.5) is 0 Å². The number of rotatable bonds is 9. The van der Waals surface area contributed by atoms with E-state index in [0.29, 0.717) is 26.1 Å². The molecule has 0 saturated carbocycles. The topological polar surface area (TPSA) is 81.5 Å². The van der Waals surface area contributed by atoms with Crippen LogP contribution < -0.4 is 5.56 Å². The third kappa shape index (κ3) is 6.37. The van der Waals surface area contributed by atoms with Gasteiger partial charge in [0.25, 0.3) is 11.5 Å². The average Bonchev–Trinajstić information content (AvgIpc) is 2.80. The van der Waals surface area contributed by atoms with E-state index in [2.05, 4.69) is 5.10 Å². The molecule has 3 rings (SSSR count). The van der Waals surface area contributed by atoms with Crippen LogP contribution in [0.25, 0.3) is 0 Å². The Labute approximate surface area is 180 Å². The quantitative estimate of drug-likeness (QED) is 0.498. The van der Waals surface area contributed by atoms with Gasteiger partial charge in [-0.2, -0.15) is 5.10 Å². The number of amides is 1. The summed E-state index contributed by atoms with van der Waals surface area (Å²) in [4.78, 5) is 38.7. The molecule has 0 aliphatic rings. The minimum Gasteiger partial charge on any atom is -0.451 e. The van der Waals surface area contributed by atoms with E-state index in [1.807, 2.05) is 67.6 Å². The van der Waals surface area contributed by atoms with Crippen molar-refractivity contribution >= 4 is 11.9 Å². The molecule has 3 aromatic rings. The van der Waals surface area contributed by atoms with Gasteiger partial charge in [-0.1, -0.05) is 67.6 Å². The van der Waals surface area contributed by atoms with Gasteiger partial charge in [-0.05, 0) is 23.6 Å². The highest BCUT2D eigenvalue weighted by atomic mass is 16.5. The van der Waals surface area contributed by atoms with Crippen molar-refractivity contribution in [3.8, 4) is 0 Å². The lowest BCUT2D eigenvalue weighted by atomic mass is 10.1. The lowest BCUT2D eigenvalue weighted by molar-refractivity contribution is -0.135. The van der Waals surface area contributed by atoms with Crippen LogP contribution in [-0.2, 0) is 29.2 Å². The van der Waals surface area contributed by atoms with Gasteiger partial charge in [0.15, 0.2) is 12.3 Å². The molecule has 0 aliphatic carbocycles. The van der Waals surface area contributed by atoms with Crippen LogP contribution >= 0.6 is 0 Å². The summed E-state index contributed by atoms with van der Waals surface area (Å²) in [5, 5.41) is 4.02. The van der Waals surface area contributed by atoms with Gasteiger partial charge in [0.2, 0.25) is 0 Å². The number of esters is 1. The summed E-state index contributed by atoms with van der Waals surface area (Å²) in [6.45, 7) is 2.69. The molecule has 160 valence electrons. The van der Waals surface area contributed by atoms with E-state index in [1.54, 1.807) is 4.90 Å². The Hall–Kier alpha value is -3.74. The molecule has 1 heterocycles. The number of hydrogen-bond donors (Lipinski definition) is 0. The Bertz CT molecular complexity index is 1020. The summed E-state index contributed by atoms with van der Waals surface area (Å²) in [6, 6.07) is 21.8. The molecular formula is C24H25N3O4. The maximum atomic E-state index is 12.9. The molecule has 0 atom stereocenters. The molecule has 0 bridgehead atoms. The van der Waals surface area contributed by atoms with Crippen molar-refractivity contribution < 1.29 is 14.3 Å². The SMILES string of the molecule is CCCn1nc(C(=O)OCC(=O)N(Cc2ccccc2)Cc2ccccc2)ccc1=O. The van der Waals surface area contributed by atoms with Gasteiger partial charge in [0.05, 0.1) is 0 Å². The molecule has 1 aromatic heterocycles. The van der Waals surface area contributed by atoms with Crippen LogP contribution in [0.3, 0.4) is 0 Å².